The third-order valence-electron chi connectivity index (χ3n) is 4.52. The molecule has 3 aromatic heterocycles. The van der Waals surface area contributed by atoms with Gasteiger partial charge in [0.1, 0.15) is 5.82 Å². The first kappa shape index (κ1) is 15.5. The van der Waals surface area contributed by atoms with E-state index in [9.17, 15) is 9.90 Å². The number of nitrogens with two attached hydrogens (primary N) is 1. The normalized spacial score (nSPS) is 20.0. The number of aliphatic hydroxyl groups is 1. The van der Waals surface area contributed by atoms with Crippen molar-refractivity contribution in [1.29, 1.82) is 0 Å². The summed E-state index contributed by atoms with van der Waals surface area (Å²) in [5.74, 6) is 0.644. The largest absolute Gasteiger partial charge is 0.391 e. The zero-order valence-corrected chi connectivity index (χ0v) is 13.4. The van der Waals surface area contributed by atoms with Crippen LogP contribution in [-0.4, -0.2) is 37.2 Å². The molecule has 1 fully saturated rings. The Morgan fingerprint density at radius 3 is 2.80 bits per heavy atom. The highest BCUT2D eigenvalue weighted by atomic mass is 16.3. The average molecular weight is 338 g/mol. The fourth-order valence-electron chi connectivity index (χ4n) is 3.22. The molecule has 8 nitrogen and oxygen atoms in total. The van der Waals surface area contributed by atoms with E-state index >= 15 is 0 Å². The molecule has 1 saturated carbocycles. The highest BCUT2D eigenvalue weighted by Gasteiger charge is 2.26. The molecule has 128 valence electrons. The molecule has 0 unspecified atom stereocenters. The van der Waals surface area contributed by atoms with Crippen LogP contribution in [0.3, 0.4) is 0 Å². The molecule has 0 amide bonds. The molecule has 8 heteroatoms. The Kier molecular flexibility index (Phi) is 3.81. The van der Waals surface area contributed by atoms with Gasteiger partial charge in [-0.2, -0.15) is 0 Å². The summed E-state index contributed by atoms with van der Waals surface area (Å²) < 4.78 is 0. The molecule has 0 aromatic carbocycles. The molecule has 0 saturated heterocycles. The standard InChI is InChI=1S/C17H18N6O2/c18-17-20-7-10(8-21-17)12-6-9-4-5-19-16(25)14(9)15(23-12)22-11-2-1-3-13(11)24/h4-8,11,13,24H,1-3H2,(H,19,25)(H,22,23)(H2,18,20,21)/t11-,13+/m1/s1. The van der Waals surface area contributed by atoms with E-state index in [-0.39, 0.29) is 17.5 Å². The molecule has 25 heavy (non-hydrogen) atoms. The SMILES string of the molecule is Nc1ncc(-c2cc3cc[nH]c(=O)c3c(N[C@@H]3CCC[C@@H]3O)n2)cn1. The Bertz CT molecular complexity index is 969. The van der Waals surface area contributed by atoms with Crippen LogP contribution in [0.2, 0.25) is 0 Å². The van der Waals surface area contributed by atoms with Crippen molar-refractivity contribution in [2.45, 2.75) is 31.4 Å². The van der Waals surface area contributed by atoms with Crippen molar-refractivity contribution in [1.82, 2.24) is 19.9 Å². The van der Waals surface area contributed by atoms with Gasteiger partial charge in [-0.3, -0.25) is 4.79 Å². The number of rotatable bonds is 3. The van der Waals surface area contributed by atoms with E-state index in [1.807, 2.05) is 12.1 Å². The van der Waals surface area contributed by atoms with Crippen LogP contribution in [0.4, 0.5) is 11.8 Å². The van der Waals surface area contributed by atoms with Gasteiger partial charge < -0.3 is 21.1 Å². The molecule has 0 bridgehead atoms. The summed E-state index contributed by atoms with van der Waals surface area (Å²) in [6.07, 6.45) is 6.88. The first-order valence-electron chi connectivity index (χ1n) is 8.17. The second-order valence-corrected chi connectivity index (χ2v) is 6.21. The van der Waals surface area contributed by atoms with Gasteiger partial charge in [-0.05, 0) is 36.8 Å². The predicted molar refractivity (Wildman–Crippen MR) is 95.1 cm³/mol. The number of aliphatic hydroxyl groups excluding tert-OH is 1. The zero-order valence-electron chi connectivity index (χ0n) is 13.4. The predicted octanol–water partition coefficient (Wildman–Crippen LogP) is 1.29. The van der Waals surface area contributed by atoms with E-state index in [2.05, 4.69) is 25.3 Å². The molecule has 1 aliphatic rings. The maximum Gasteiger partial charge on any atom is 0.259 e. The summed E-state index contributed by atoms with van der Waals surface area (Å²) in [6.45, 7) is 0. The van der Waals surface area contributed by atoms with Gasteiger partial charge in [-0.15, -0.1) is 0 Å². The molecule has 3 heterocycles. The summed E-state index contributed by atoms with van der Waals surface area (Å²) in [7, 11) is 0. The number of nitrogens with one attached hydrogen (secondary N) is 2. The quantitative estimate of drug-likeness (QED) is 0.566. The van der Waals surface area contributed by atoms with Crippen LogP contribution in [0.25, 0.3) is 22.0 Å². The topological polar surface area (TPSA) is 130 Å². The fraction of sp³-hybridized carbons (Fsp3) is 0.294. The van der Waals surface area contributed by atoms with Crippen LogP contribution >= 0.6 is 0 Å². The van der Waals surface area contributed by atoms with Gasteiger partial charge >= 0.3 is 0 Å². The summed E-state index contributed by atoms with van der Waals surface area (Å²) >= 11 is 0. The number of H-pyrrole nitrogens is 1. The summed E-state index contributed by atoms with van der Waals surface area (Å²) in [5, 5.41) is 14.6. The second-order valence-electron chi connectivity index (χ2n) is 6.21. The molecule has 0 aliphatic heterocycles. The molecule has 3 aromatic rings. The summed E-state index contributed by atoms with van der Waals surface area (Å²) in [5.41, 5.74) is 6.65. The van der Waals surface area contributed by atoms with Gasteiger partial charge in [-0.1, -0.05) is 0 Å². The number of anilines is 2. The fourth-order valence-corrected chi connectivity index (χ4v) is 3.22. The molecule has 0 radical (unpaired) electrons. The minimum Gasteiger partial charge on any atom is -0.391 e. The van der Waals surface area contributed by atoms with Crippen molar-refractivity contribution in [3.05, 3.63) is 41.1 Å². The van der Waals surface area contributed by atoms with Crippen LogP contribution in [0.15, 0.2) is 35.5 Å². The average Bonchev–Trinajstić information content (AvgIpc) is 3.00. The number of fused-ring (bicyclic) bond motifs is 1. The Morgan fingerprint density at radius 2 is 2.08 bits per heavy atom. The maximum absolute atomic E-state index is 12.3. The maximum atomic E-state index is 12.3. The Morgan fingerprint density at radius 1 is 1.28 bits per heavy atom. The van der Waals surface area contributed by atoms with E-state index in [4.69, 9.17) is 5.73 Å². The van der Waals surface area contributed by atoms with Gasteiger partial charge in [0.05, 0.1) is 23.2 Å². The van der Waals surface area contributed by atoms with Crippen molar-refractivity contribution in [3.63, 3.8) is 0 Å². The van der Waals surface area contributed by atoms with Crippen LogP contribution in [-0.2, 0) is 0 Å². The lowest BCUT2D eigenvalue weighted by atomic mass is 10.1. The van der Waals surface area contributed by atoms with Crippen LogP contribution in [0.5, 0.6) is 0 Å². The third-order valence-corrected chi connectivity index (χ3v) is 4.52. The number of hydrogen-bond acceptors (Lipinski definition) is 7. The van der Waals surface area contributed by atoms with Crippen LogP contribution in [0.1, 0.15) is 19.3 Å². The number of nitrogens with zero attached hydrogens (tertiary/aromatic N) is 3. The molecule has 5 N–H and O–H groups in total. The van der Waals surface area contributed by atoms with E-state index in [1.54, 1.807) is 18.6 Å². The number of hydrogen-bond donors (Lipinski definition) is 4. The molecule has 2 atom stereocenters. The minimum absolute atomic E-state index is 0.117. The molecular weight excluding hydrogens is 320 g/mol. The third kappa shape index (κ3) is 2.91. The van der Waals surface area contributed by atoms with Gasteiger partial charge in [0.2, 0.25) is 5.95 Å². The highest BCUT2D eigenvalue weighted by Crippen LogP contribution is 2.28. The van der Waals surface area contributed by atoms with Gasteiger partial charge in [-0.25, -0.2) is 15.0 Å². The molecule has 0 spiro atoms. The van der Waals surface area contributed by atoms with Crippen molar-refractivity contribution in [3.8, 4) is 11.3 Å². The van der Waals surface area contributed by atoms with E-state index < -0.39 is 6.10 Å². The van der Waals surface area contributed by atoms with E-state index in [0.29, 0.717) is 22.5 Å². The van der Waals surface area contributed by atoms with Crippen molar-refractivity contribution < 1.29 is 5.11 Å². The van der Waals surface area contributed by atoms with Crippen molar-refractivity contribution in [2.75, 3.05) is 11.1 Å². The number of aromatic nitrogens is 4. The Hall–Kier alpha value is -3.00. The first-order chi connectivity index (χ1) is 12.1. The van der Waals surface area contributed by atoms with E-state index in [1.165, 1.54) is 0 Å². The van der Waals surface area contributed by atoms with Crippen LogP contribution in [0, 0.1) is 0 Å². The number of pyridine rings is 2. The Labute approximate surface area is 143 Å². The summed E-state index contributed by atoms with van der Waals surface area (Å²) in [4.78, 5) is 27.6. The van der Waals surface area contributed by atoms with Gasteiger partial charge in [0.25, 0.3) is 5.56 Å². The minimum atomic E-state index is -0.442. The Balaban J connectivity index is 1.86. The first-order valence-corrected chi connectivity index (χ1v) is 8.17. The zero-order chi connectivity index (χ0) is 17.4. The van der Waals surface area contributed by atoms with Gasteiger partial charge in [0.15, 0.2) is 0 Å². The van der Waals surface area contributed by atoms with Crippen molar-refractivity contribution in [2.24, 2.45) is 0 Å². The van der Waals surface area contributed by atoms with Crippen molar-refractivity contribution >= 4 is 22.5 Å². The molecular formula is C17H18N6O2. The molecule has 4 rings (SSSR count). The monoisotopic (exact) mass is 338 g/mol. The highest BCUT2D eigenvalue weighted by molar-refractivity contribution is 5.93. The second kappa shape index (κ2) is 6.14. The lowest BCUT2D eigenvalue weighted by Crippen LogP contribution is -2.29. The van der Waals surface area contributed by atoms with Crippen LogP contribution < -0.4 is 16.6 Å². The van der Waals surface area contributed by atoms with E-state index in [0.717, 1.165) is 24.6 Å². The number of aromatic amines is 1. The lowest BCUT2D eigenvalue weighted by Gasteiger charge is -2.19. The van der Waals surface area contributed by atoms with Gasteiger partial charge in [0, 0.05) is 24.2 Å². The number of nitrogen functional groups attached to an aromatic ring is 1. The summed E-state index contributed by atoms with van der Waals surface area (Å²) in [6, 6.07) is 3.51. The molecule has 1 aliphatic carbocycles. The smallest absolute Gasteiger partial charge is 0.259 e. The lowest BCUT2D eigenvalue weighted by molar-refractivity contribution is 0.171.